The number of ether oxygens (including phenoxy) is 2. The molecule has 0 aromatic rings. The van der Waals surface area contributed by atoms with Crippen molar-refractivity contribution in [3.8, 4) is 12.0 Å². The van der Waals surface area contributed by atoms with Gasteiger partial charge in [0, 0.05) is 12.0 Å². The number of fused-ring (bicyclic) bond motifs is 1. The van der Waals surface area contributed by atoms with Crippen LogP contribution in [-0.2, 0) is 9.47 Å². The highest BCUT2D eigenvalue weighted by Gasteiger charge is 2.45. The fraction of sp³-hybridized carbons (Fsp3) is 0.778. The van der Waals surface area contributed by atoms with Crippen molar-refractivity contribution >= 4 is 0 Å². The average molecular weight is 167 g/mol. The molecule has 2 fully saturated rings. The van der Waals surface area contributed by atoms with Crippen molar-refractivity contribution in [3.05, 3.63) is 0 Å². The molecule has 0 spiro atoms. The van der Waals surface area contributed by atoms with Gasteiger partial charge in [0.05, 0.1) is 31.3 Å². The molecule has 0 aromatic carbocycles. The van der Waals surface area contributed by atoms with E-state index in [4.69, 9.17) is 15.2 Å². The second-order valence-corrected chi connectivity index (χ2v) is 3.47. The Hall–Kier alpha value is -0.720. The fourth-order valence-electron chi connectivity index (χ4n) is 1.92. The summed E-state index contributed by atoms with van der Waals surface area (Å²) in [6, 6.07) is 2.43. The van der Waals surface area contributed by atoms with Crippen LogP contribution in [0, 0.1) is 23.8 Å². The lowest BCUT2D eigenvalue weighted by Crippen LogP contribution is -2.24. The maximum Gasteiger partial charge on any atom is 0.1000 e. The van der Waals surface area contributed by atoms with Crippen molar-refractivity contribution < 1.29 is 9.47 Å². The van der Waals surface area contributed by atoms with Crippen molar-refractivity contribution in [2.45, 2.75) is 19.1 Å². The molecule has 12 heavy (non-hydrogen) atoms. The lowest BCUT2D eigenvalue weighted by molar-refractivity contribution is 0.0642. The van der Waals surface area contributed by atoms with E-state index in [2.05, 4.69) is 18.9 Å². The second-order valence-electron chi connectivity index (χ2n) is 3.47. The van der Waals surface area contributed by atoms with Gasteiger partial charge in [-0.15, -0.1) is 0 Å². The highest BCUT2D eigenvalue weighted by atomic mass is 16.6. The van der Waals surface area contributed by atoms with Crippen LogP contribution in [-0.4, -0.2) is 25.4 Å². The van der Waals surface area contributed by atoms with Crippen LogP contribution in [0.3, 0.4) is 0 Å². The summed E-state index contributed by atoms with van der Waals surface area (Å²) in [5.74, 6) is 3.60. The molecule has 2 rings (SSSR count). The Labute approximate surface area is 72.2 Å². The van der Waals surface area contributed by atoms with Crippen LogP contribution in [0.4, 0.5) is 0 Å². The van der Waals surface area contributed by atoms with Crippen LogP contribution < -0.4 is 5.73 Å². The Kier molecular flexibility index (Phi) is 1.95. The first kappa shape index (κ1) is 7.90. The zero-order valence-corrected chi connectivity index (χ0v) is 7.12. The van der Waals surface area contributed by atoms with Crippen molar-refractivity contribution in [3.63, 3.8) is 0 Å². The van der Waals surface area contributed by atoms with Gasteiger partial charge in [0.15, 0.2) is 0 Å². The summed E-state index contributed by atoms with van der Waals surface area (Å²) >= 11 is 0. The van der Waals surface area contributed by atoms with E-state index in [-0.39, 0.29) is 18.1 Å². The van der Waals surface area contributed by atoms with E-state index in [9.17, 15) is 0 Å². The summed E-state index contributed by atoms with van der Waals surface area (Å²) in [7, 11) is 0. The van der Waals surface area contributed by atoms with E-state index in [1.807, 2.05) is 0 Å². The Morgan fingerprint density at radius 3 is 2.75 bits per heavy atom. The maximum absolute atomic E-state index is 5.57. The molecule has 2 N–H and O–H groups in total. The SMILES string of the molecule is C[C@H]1CO[C@@H]2C(C#CN)CO[C@@H]21. The summed E-state index contributed by atoms with van der Waals surface area (Å²) in [6.07, 6.45) is 0.409. The summed E-state index contributed by atoms with van der Waals surface area (Å²) in [5.41, 5.74) is 5.15. The zero-order chi connectivity index (χ0) is 8.55. The van der Waals surface area contributed by atoms with Crippen LogP contribution in [0.15, 0.2) is 0 Å². The van der Waals surface area contributed by atoms with Crippen LogP contribution in [0.25, 0.3) is 0 Å². The summed E-state index contributed by atoms with van der Waals surface area (Å²) in [4.78, 5) is 0. The van der Waals surface area contributed by atoms with Gasteiger partial charge in [-0.1, -0.05) is 12.8 Å². The largest absolute Gasteiger partial charge is 0.374 e. The third kappa shape index (κ3) is 1.08. The summed E-state index contributed by atoms with van der Waals surface area (Å²) < 4.78 is 11.1. The molecule has 2 saturated heterocycles. The fourth-order valence-corrected chi connectivity index (χ4v) is 1.92. The van der Waals surface area contributed by atoms with E-state index < -0.39 is 0 Å². The van der Waals surface area contributed by atoms with E-state index >= 15 is 0 Å². The lowest BCUT2D eigenvalue weighted by Gasteiger charge is -2.10. The monoisotopic (exact) mass is 167 g/mol. The van der Waals surface area contributed by atoms with Gasteiger partial charge in [0.2, 0.25) is 0 Å². The predicted molar refractivity (Wildman–Crippen MR) is 44.1 cm³/mol. The molecule has 0 saturated carbocycles. The normalized spacial score (nSPS) is 45.1. The third-order valence-corrected chi connectivity index (χ3v) is 2.57. The first-order chi connectivity index (χ1) is 5.83. The Morgan fingerprint density at radius 2 is 2.00 bits per heavy atom. The molecule has 4 atom stereocenters. The maximum atomic E-state index is 5.57. The van der Waals surface area contributed by atoms with Crippen LogP contribution in [0.5, 0.6) is 0 Å². The first-order valence-corrected chi connectivity index (χ1v) is 4.27. The minimum Gasteiger partial charge on any atom is -0.374 e. The molecular weight excluding hydrogens is 154 g/mol. The standard InChI is InChI=1S/C9H13NO2/c1-6-4-11-9-7(2-3-10)5-12-8(6)9/h6-9H,4-5,10H2,1H3/t6-,7?,8+,9+/m0/s1. The molecule has 0 aliphatic carbocycles. The van der Waals surface area contributed by atoms with Gasteiger partial charge >= 0.3 is 0 Å². The van der Waals surface area contributed by atoms with Gasteiger partial charge in [0.1, 0.15) is 0 Å². The van der Waals surface area contributed by atoms with E-state index in [1.54, 1.807) is 0 Å². The van der Waals surface area contributed by atoms with Crippen LogP contribution >= 0.6 is 0 Å². The Balaban J connectivity index is 2.08. The number of rotatable bonds is 0. The predicted octanol–water partition coefficient (Wildman–Crippen LogP) is -0.0441. The van der Waals surface area contributed by atoms with Gasteiger partial charge in [0.25, 0.3) is 0 Å². The van der Waals surface area contributed by atoms with Crippen molar-refractivity contribution in [1.29, 1.82) is 0 Å². The molecule has 3 nitrogen and oxygen atoms in total. The van der Waals surface area contributed by atoms with Gasteiger partial charge in [-0.3, -0.25) is 0 Å². The van der Waals surface area contributed by atoms with Crippen molar-refractivity contribution in [2.75, 3.05) is 13.2 Å². The molecule has 0 bridgehead atoms. The second kappa shape index (κ2) is 2.96. The van der Waals surface area contributed by atoms with Gasteiger partial charge < -0.3 is 15.2 Å². The van der Waals surface area contributed by atoms with Gasteiger partial charge in [-0.2, -0.15) is 0 Å². The molecule has 0 amide bonds. The molecular formula is C9H13NO2. The lowest BCUT2D eigenvalue weighted by atomic mass is 9.98. The summed E-state index contributed by atoms with van der Waals surface area (Å²) in [5, 5.41) is 0. The topological polar surface area (TPSA) is 44.5 Å². The molecule has 2 heterocycles. The number of nitrogens with two attached hydrogens (primary N) is 1. The minimum atomic E-state index is 0.163. The molecule has 0 aromatic heterocycles. The Morgan fingerprint density at radius 1 is 1.25 bits per heavy atom. The van der Waals surface area contributed by atoms with Gasteiger partial charge in [-0.05, 0) is 0 Å². The van der Waals surface area contributed by atoms with Crippen molar-refractivity contribution in [2.24, 2.45) is 17.6 Å². The highest BCUT2D eigenvalue weighted by Crippen LogP contribution is 2.33. The average Bonchev–Trinajstić information content (AvgIpc) is 2.58. The van der Waals surface area contributed by atoms with Crippen LogP contribution in [0.2, 0.25) is 0 Å². The molecule has 0 radical (unpaired) electrons. The van der Waals surface area contributed by atoms with Crippen LogP contribution in [0.1, 0.15) is 6.92 Å². The highest BCUT2D eigenvalue weighted by molar-refractivity contribution is 5.09. The molecule has 3 heteroatoms. The Bertz CT molecular complexity index is 230. The molecule has 66 valence electrons. The van der Waals surface area contributed by atoms with E-state index in [1.165, 1.54) is 0 Å². The summed E-state index contributed by atoms with van der Waals surface area (Å²) in [6.45, 7) is 3.60. The third-order valence-electron chi connectivity index (χ3n) is 2.57. The quantitative estimate of drug-likeness (QED) is 0.406. The number of hydrogen-bond acceptors (Lipinski definition) is 3. The zero-order valence-electron chi connectivity index (χ0n) is 7.12. The van der Waals surface area contributed by atoms with E-state index in [0.29, 0.717) is 12.5 Å². The smallest absolute Gasteiger partial charge is 0.1000 e. The first-order valence-electron chi connectivity index (χ1n) is 4.27. The molecule has 2 aliphatic heterocycles. The minimum absolute atomic E-state index is 0.163. The molecule has 1 unspecified atom stereocenters. The number of hydrogen-bond donors (Lipinski definition) is 1. The van der Waals surface area contributed by atoms with Crippen molar-refractivity contribution in [1.82, 2.24) is 0 Å². The molecule has 2 aliphatic rings. The van der Waals surface area contributed by atoms with E-state index in [0.717, 1.165) is 6.61 Å². The van der Waals surface area contributed by atoms with Gasteiger partial charge in [-0.25, -0.2) is 0 Å².